The Hall–Kier alpha value is -0.570. The van der Waals surface area contributed by atoms with E-state index in [-0.39, 0.29) is 5.91 Å². The van der Waals surface area contributed by atoms with Crippen LogP contribution < -0.4 is 11.1 Å². The van der Waals surface area contributed by atoms with Crippen molar-refractivity contribution >= 4 is 5.91 Å². The maximum Gasteiger partial charge on any atom is 0.220 e. The summed E-state index contributed by atoms with van der Waals surface area (Å²) in [7, 11) is 0. The van der Waals surface area contributed by atoms with E-state index in [1.54, 1.807) is 0 Å². The molecule has 0 rings (SSSR count). The molecular weight excluding hydrogens is 176 g/mol. The molecule has 3 heteroatoms. The maximum atomic E-state index is 11.1. The van der Waals surface area contributed by atoms with Gasteiger partial charge in [0.1, 0.15) is 0 Å². The second kappa shape index (κ2) is 9.00. The quantitative estimate of drug-likeness (QED) is 0.586. The predicted molar refractivity (Wildman–Crippen MR) is 60.0 cm³/mol. The lowest BCUT2D eigenvalue weighted by atomic mass is 10.1. The molecule has 3 N–H and O–H groups in total. The first-order valence-corrected chi connectivity index (χ1v) is 5.63. The van der Waals surface area contributed by atoms with Crippen LogP contribution in [0.1, 0.15) is 46.0 Å². The summed E-state index contributed by atoms with van der Waals surface area (Å²) in [5.74, 6) is 0.905. The zero-order chi connectivity index (χ0) is 10.8. The maximum absolute atomic E-state index is 11.1. The number of nitrogens with two attached hydrogens (primary N) is 1. The Balaban J connectivity index is 3.15. The molecule has 0 aromatic carbocycles. The number of hydrogen-bond donors (Lipinski definition) is 2. The van der Waals surface area contributed by atoms with Gasteiger partial charge < -0.3 is 11.1 Å². The monoisotopic (exact) mass is 200 g/mol. The molecule has 14 heavy (non-hydrogen) atoms. The average Bonchev–Trinajstić information content (AvgIpc) is 2.13. The topological polar surface area (TPSA) is 55.1 Å². The lowest BCUT2D eigenvalue weighted by Crippen LogP contribution is -2.24. The Bertz CT molecular complexity index is 146. The van der Waals surface area contributed by atoms with Crippen LogP contribution in [0.2, 0.25) is 0 Å². The number of carbonyl (C=O) groups excluding carboxylic acids is 1. The van der Waals surface area contributed by atoms with Crippen molar-refractivity contribution in [1.29, 1.82) is 0 Å². The number of unbranched alkanes of at least 4 members (excludes halogenated alkanes) is 1. The van der Waals surface area contributed by atoms with Crippen LogP contribution in [-0.4, -0.2) is 19.0 Å². The van der Waals surface area contributed by atoms with E-state index in [0.717, 1.165) is 25.3 Å². The summed E-state index contributed by atoms with van der Waals surface area (Å²) in [6, 6.07) is 0. The Labute approximate surface area is 87.4 Å². The molecule has 0 radical (unpaired) electrons. The first-order chi connectivity index (χ1) is 6.66. The minimum Gasteiger partial charge on any atom is -0.356 e. The molecule has 0 bridgehead atoms. The molecule has 3 nitrogen and oxygen atoms in total. The van der Waals surface area contributed by atoms with Crippen molar-refractivity contribution in [3.05, 3.63) is 0 Å². The number of amides is 1. The van der Waals surface area contributed by atoms with Gasteiger partial charge >= 0.3 is 0 Å². The molecule has 1 amide bonds. The summed E-state index contributed by atoms with van der Waals surface area (Å²) in [6.45, 7) is 5.86. The van der Waals surface area contributed by atoms with Crippen LogP contribution in [0, 0.1) is 5.92 Å². The molecule has 0 spiro atoms. The van der Waals surface area contributed by atoms with E-state index in [1.165, 1.54) is 12.8 Å². The third-order valence-corrected chi connectivity index (χ3v) is 2.14. The summed E-state index contributed by atoms with van der Waals surface area (Å²) in [4.78, 5) is 11.1. The smallest absolute Gasteiger partial charge is 0.220 e. The third kappa shape index (κ3) is 9.52. The highest BCUT2D eigenvalue weighted by Gasteiger charge is 1.99. The zero-order valence-corrected chi connectivity index (χ0v) is 9.51. The van der Waals surface area contributed by atoms with Crippen molar-refractivity contribution in [2.75, 3.05) is 13.1 Å². The highest BCUT2D eigenvalue weighted by molar-refractivity contribution is 5.75. The summed E-state index contributed by atoms with van der Waals surface area (Å²) in [5, 5.41) is 2.90. The Morgan fingerprint density at radius 1 is 1.29 bits per heavy atom. The Morgan fingerprint density at radius 3 is 2.57 bits per heavy atom. The van der Waals surface area contributed by atoms with E-state index in [9.17, 15) is 4.79 Å². The van der Waals surface area contributed by atoms with Crippen molar-refractivity contribution in [3.8, 4) is 0 Å². The van der Waals surface area contributed by atoms with Gasteiger partial charge in [-0.25, -0.2) is 0 Å². The van der Waals surface area contributed by atoms with Crippen molar-refractivity contribution in [3.63, 3.8) is 0 Å². The molecular formula is C11H24N2O. The zero-order valence-electron chi connectivity index (χ0n) is 9.51. The molecule has 0 aliphatic heterocycles. The van der Waals surface area contributed by atoms with Crippen molar-refractivity contribution < 1.29 is 4.79 Å². The van der Waals surface area contributed by atoms with Gasteiger partial charge in [0.05, 0.1) is 0 Å². The second-order valence-corrected chi connectivity index (χ2v) is 4.13. The van der Waals surface area contributed by atoms with E-state index < -0.39 is 0 Å². The van der Waals surface area contributed by atoms with Gasteiger partial charge in [-0.2, -0.15) is 0 Å². The average molecular weight is 200 g/mol. The van der Waals surface area contributed by atoms with Gasteiger partial charge in [-0.05, 0) is 25.3 Å². The first-order valence-electron chi connectivity index (χ1n) is 5.63. The van der Waals surface area contributed by atoms with Crippen LogP contribution in [0.4, 0.5) is 0 Å². The van der Waals surface area contributed by atoms with Gasteiger partial charge in [-0.15, -0.1) is 0 Å². The molecule has 84 valence electrons. The number of carbonyl (C=O) groups is 1. The lowest BCUT2D eigenvalue weighted by molar-refractivity contribution is -0.121. The minimum absolute atomic E-state index is 0.139. The van der Waals surface area contributed by atoms with Crippen molar-refractivity contribution in [2.24, 2.45) is 11.7 Å². The molecule has 0 heterocycles. The highest BCUT2D eigenvalue weighted by Crippen LogP contribution is 2.05. The lowest BCUT2D eigenvalue weighted by Gasteiger charge is -2.06. The largest absolute Gasteiger partial charge is 0.356 e. The Kier molecular flexibility index (Phi) is 8.64. The van der Waals surface area contributed by atoms with E-state index in [2.05, 4.69) is 19.2 Å². The molecule has 0 fully saturated rings. The fourth-order valence-corrected chi connectivity index (χ4v) is 1.26. The normalized spacial score (nSPS) is 10.6. The van der Waals surface area contributed by atoms with Crippen LogP contribution in [0.5, 0.6) is 0 Å². The summed E-state index contributed by atoms with van der Waals surface area (Å²) < 4.78 is 0. The standard InChI is InChI=1S/C11H24N2O/c1-10(2)6-3-4-9-13-11(14)7-5-8-12/h10H,3-9,12H2,1-2H3,(H,13,14). The molecule has 0 unspecified atom stereocenters. The molecule has 0 saturated carbocycles. The van der Waals surface area contributed by atoms with Gasteiger partial charge in [-0.1, -0.05) is 26.7 Å². The molecule has 0 aliphatic carbocycles. The fraction of sp³-hybridized carbons (Fsp3) is 0.909. The molecule has 0 atom stereocenters. The van der Waals surface area contributed by atoms with Crippen LogP contribution in [0.15, 0.2) is 0 Å². The highest BCUT2D eigenvalue weighted by atomic mass is 16.1. The van der Waals surface area contributed by atoms with E-state index in [4.69, 9.17) is 5.73 Å². The van der Waals surface area contributed by atoms with Gasteiger partial charge in [0, 0.05) is 13.0 Å². The number of nitrogens with one attached hydrogen (secondary N) is 1. The van der Waals surface area contributed by atoms with Crippen LogP contribution >= 0.6 is 0 Å². The van der Waals surface area contributed by atoms with Crippen LogP contribution in [0.3, 0.4) is 0 Å². The molecule has 0 aromatic heterocycles. The summed E-state index contributed by atoms with van der Waals surface area (Å²) >= 11 is 0. The van der Waals surface area contributed by atoms with Crippen LogP contribution in [-0.2, 0) is 4.79 Å². The number of hydrogen-bond acceptors (Lipinski definition) is 2. The van der Waals surface area contributed by atoms with Gasteiger partial charge in [0.15, 0.2) is 0 Å². The van der Waals surface area contributed by atoms with Gasteiger partial charge in [0.25, 0.3) is 0 Å². The van der Waals surface area contributed by atoms with E-state index >= 15 is 0 Å². The minimum atomic E-state index is 0.139. The SMILES string of the molecule is CC(C)CCCCNC(=O)CCCN. The summed E-state index contributed by atoms with van der Waals surface area (Å²) in [5.41, 5.74) is 5.31. The number of rotatable bonds is 8. The van der Waals surface area contributed by atoms with Gasteiger partial charge in [0.2, 0.25) is 5.91 Å². The summed E-state index contributed by atoms with van der Waals surface area (Å²) in [6.07, 6.45) is 4.90. The van der Waals surface area contributed by atoms with Crippen LogP contribution in [0.25, 0.3) is 0 Å². The molecule has 0 saturated heterocycles. The predicted octanol–water partition coefficient (Wildman–Crippen LogP) is 1.67. The second-order valence-electron chi connectivity index (χ2n) is 4.13. The van der Waals surface area contributed by atoms with E-state index in [1.807, 2.05) is 0 Å². The molecule has 0 aromatic rings. The van der Waals surface area contributed by atoms with E-state index in [0.29, 0.717) is 13.0 Å². The van der Waals surface area contributed by atoms with Crippen molar-refractivity contribution in [2.45, 2.75) is 46.0 Å². The first kappa shape index (κ1) is 13.4. The fourth-order valence-electron chi connectivity index (χ4n) is 1.26. The van der Waals surface area contributed by atoms with Crippen molar-refractivity contribution in [1.82, 2.24) is 5.32 Å². The van der Waals surface area contributed by atoms with Gasteiger partial charge in [-0.3, -0.25) is 4.79 Å². The third-order valence-electron chi connectivity index (χ3n) is 2.14. The molecule has 0 aliphatic rings. The Morgan fingerprint density at radius 2 is 2.00 bits per heavy atom.